The van der Waals surface area contributed by atoms with Gasteiger partial charge in [0.05, 0.1) is 0 Å². The first-order valence-electron chi connectivity index (χ1n) is 8.52. The minimum atomic E-state index is -0.132. The highest BCUT2D eigenvalue weighted by Crippen LogP contribution is 2.29. The third-order valence-corrected chi connectivity index (χ3v) is 4.92. The lowest BCUT2D eigenvalue weighted by Crippen LogP contribution is -2.49. The summed E-state index contributed by atoms with van der Waals surface area (Å²) >= 11 is 0. The summed E-state index contributed by atoms with van der Waals surface area (Å²) in [6, 6.07) is 10.3. The van der Waals surface area contributed by atoms with E-state index >= 15 is 0 Å². The smallest absolute Gasteiger partial charge is 0.410 e. The van der Waals surface area contributed by atoms with E-state index in [2.05, 4.69) is 5.32 Å². The van der Waals surface area contributed by atoms with Crippen molar-refractivity contribution in [3.05, 3.63) is 35.9 Å². The van der Waals surface area contributed by atoms with Crippen LogP contribution in [-0.2, 0) is 11.3 Å². The van der Waals surface area contributed by atoms with Crippen LogP contribution >= 0.6 is 0 Å². The van der Waals surface area contributed by atoms with E-state index in [-0.39, 0.29) is 6.09 Å². The monoisotopic (exact) mass is 302 g/mol. The number of hydrogen-bond donors (Lipinski definition) is 1. The summed E-state index contributed by atoms with van der Waals surface area (Å²) in [6.07, 6.45) is 5.68. The van der Waals surface area contributed by atoms with Crippen LogP contribution in [-0.4, -0.2) is 36.7 Å². The van der Waals surface area contributed by atoms with Crippen molar-refractivity contribution < 1.29 is 9.53 Å². The molecule has 1 amide bonds. The van der Waals surface area contributed by atoms with Gasteiger partial charge in [0.15, 0.2) is 0 Å². The zero-order valence-electron chi connectivity index (χ0n) is 13.2. The second-order valence-corrected chi connectivity index (χ2v) is 6.38. The van der Waals surface area contributed by atoms with Crippen LogP contribution in [0, 0.1) is 5.92 Å². The van der Waals surface area contributed by atoms with E-state index in [4.69, 9.17) is 4.74 Å². The number of rotatable bonds is 3. The van der Waals surface area contributed by atoms with Crippen molar-refractivity contribution >= 4 is 6.09 Å². The predicted molar refractivity (Wildman–Crippen MR) is 86.6 cm³/mol. The lowest BCUT2D eigenvalue weighted by atomic mass is 9.84. The molecule has 0 unspecified atom stereocenters. The van der Waals surface area contributed by atoms with E-state index in [0.717, 1.165) is 38.0 Å². The minimum absolute atomic E-state index is 0.132. The molecule has 1 N–H and O–H groups in total. The Morgan fingerprint density at radius 2 is 1.91 bits per heavy atom. The quantitative estimate of drug-likeness (QED) is 0.932. The van der Waals surface area contributed by atoms with Gasteiger partial charge in [-0.2, -0.15) is 0 Å². The molecule has 0 spiro atoms. The van der Waals surface area contributed by atoms with Crippen LogP contribution in [0.3, 0.4) is 0 Å². The van der Waals surface area contributed by atoms with Gasteiger partial charge in [-0.1, -0.05) is 30.3 Å². The maximum atomic E-state index is 12.5. The highest BCUT2D eigenvalue weighted by atomic mass is 16.6. The summed E-state index contributed by atoms with van der Waals surface area (Å²) in [5.74, 6) is 0.630. The van der Waals surface area contributed by atoms with Crippen LogP contribution in [0.1, 0.15) is 37.7 Å². The van der Waals surface area contributed by atoms with Gasteiger partial charge in [-0.15, -0.1) is 0 Å². The first-order chi connectivity index (χ1) is 10.8. The summed E-state index contributed by atoms with van der Waals surface area (Å²) in [7, 11) is 0. The molecule has 2 fully saturated rings. The first-order valence-corrected chi connectivity index (χ1v) is 8.52. The summed E-state index contributed by atoms with van der Waals surface area (Å²) in [4.78, 5) is 14.5. The number of amides is 1. The summed E-state index contributed by atoms with van der Waals surface area (Å²) < 4.78 is 5.56. The number of hydrogen-bond acceptors (Lipinski definition) is 3. The predicted octanol–water partition coefficient (Wildman–Crippen LogP) is 3.18. The van der Waals surface area contributed by atoms with Crippen molar-refractivity contribution in [1.82, 2.24) is 10.2 Å². The average molecular weight is 302 g/mol. The van der Waals surface area contributed by atoms with Crippen LogP contribution in [0.25, 0.3) is 0 Å². The van der Waals surface area contributed by atoms with Crippen molar-refractivity contribution in [3.63, 3.8) is 0 Å². The Hall–Kier alpha value is -1.55. The van der Waals surface area contributed by atoms with Gasteiger partial charge in [0.2, 0.25) is 0 Å². The fraction of sp³-hybridized carbons (Fsp3) is 0.611. The average Bonchev–Trinajstić information content (AvgIpc) is 2.61. The molecule has 4 heteroatoms. The van der Waals surface area contributed by atoms with Crippen LogP contribution in [0.4, 0.5) is 4.79 Å². The zero-order chi connectivity index (χ0) is 15.2. The molecule has 22 heavy (non-hydrogen) atoms. The molecular weight excluding hydrogens is 276 g/mol. The minimum Gasteiger partial charge on any atom is -0.445 e. The Balaban J connectivity index is 1.58. The van der Waals surface area contributed by atoms with E-state index in [0.29, 0.717) is 18.6 Å². The molecule has 3 rings (SSSR count). The highest BCUT2D eigenvalue weighted by Gasteiger charge is 2.34. The summed E-state index contributed by atoms with van der Waals surface area (Å²) in [5, 5.41) is 3.41. The Morgan fingerprint density at radius 1 is 1.14 bits per heavy atom. The van der Waals surface area contributed by atoms with Crippen LogP contribution in [0.2, 0.25) is 0 Å². The van der Waals surface area contributed by atoms with Crippen molar-refractivity contribution in [2.45, 2.75) is 44.8 Å². The number of piperidine rings is 2. The van der Waals surface area contributed by atoms with Gasteiger partial charge in [-0.25, -0.2) is 4.79 Å². The number of ether oxygens (including phenoxy) is 1. The van der Waals surface area contributed by atoms with Crippen molar-refractivity contribution in [2.75, 3.05) is 19.6 Å². The van der Waals surface area contributed by atoms with Crippen molar-refractivity contribution in [1.29, 1.82) is 0 Å². The molecular formula is C18H26N2O2. The topological polar surface area (TPSA) is 41.6 Å². The van der Waals surface area contributed by atoms with Gasteiger partial charge in [0.25, 0.3) is 0 Å². The standard InChI is InChI=1S/C18H26N2O2/c21-18(22-14-15-6-2-1-3-7-15)20-13-5-4-8-17(20)16-9-11-19-12-10-16/h1-3,6-7,16-17,19H,4-5,8-14H2/t17-/m1/s1. The number of carbonyl (C=O) groups is 1. The number of likely N-dealkylation sites (tertiary alicyclic amines) is 1. The molecule has 0 aromatic heterocycles. The van der Waals surface area contributed by atoms with Gasteiger partial charge in [0, 0.05) is 12.6 Å². The largest absolute Gasteiger partial charge is 0.445 e. The number of benzene rings is 1. The number of nitrogens with one attached hydrogen (secondary N) is 1. The van der Waals surface area contributed by atoms with Crippen molar-refractivity contribution in [2.24, 2.45) is 5.92 Å². The lowest BCUT2D eigenvalue weighted by molar-refractivity contribution is 0.0458. The van der Waals surface area contributed by atoms with E-state index in [1.165, 1.54) is 19.3 Å². The third kappa shape index (κ3) is 3.80. The fourth-order valence-corrected chi connectivity index (χ4v) is 3.71. The lowest BCUT2D eigenvalue weighted by Gasteiger charge is -2.41. The van der Waals surface area contributed by atoms with E-state index in [9.17, 15) is 4.79 Å². The molecule has 2 aliphatic heterocycles. The fourth-order valence-electron chi connectivity index (χ4n) is 3.71. The molecule has 0 radical (unpaired) electrons. The Morgan fingerprint density at radius 3 is 2.68 bits per heavy atom. The van der Waals surface area contributed by atoms with Gasteiger partial charge >= 0.3 is 6.09 Å². The van der Waals surface area contributed by atoms with Gasteiger partial charge in [-0.05, 0) is 56.7 Å². The molecule has 1 aromatic rings. The molecule has 0 aliphatic carbocycles. The molecule has 1 aromatic carbocycles. The molecule has 0 bridgehead atoms. The van der Waals surface area contributed by atoms with Crippen LogP contribution in [0.5, 0.6) is 0 Å². The number of carbonyl (C=O) groups excluding carboxylic acids is 1. The van der Waals surface area contributed by atoms with E-state index in [1.54, 1.807) is 0 Å². The molecule has 120 valence electrons. The maximum Gasteiger partial charge on any atom is 0.410 e. The van der Waals surface area contributed by atoms with Gasteiger partial charge < -0.3 is 15.0 Å². The third-order valence-electron chi connectivity index (χ3n) is 4.92. The van der Waals surface area contributed by atoms with Gasteiger partial charge in [-0.3, -0.25) is 0 Å². The molecule has 1 atom stereocenters. The normalized spacial score (nSPS) is 23.3. The molecule has 0 saturated carbocycles. The van der Waals surface area contributed by atoms with Gasteiger partial charge in [0.1, 0.15) is 6.61 Å². The maximum absolute atomic E-state index is 12.5. The number of nitrogens with zero attached hydrogens (tertiary/aromatic N) is 1. The SMILES string of the molecule is O=C(OCc1ccccc1)N1CCCC[C@@H]1C1CCNCC1. The van der Waals surface area contributed by atoms with E-state index in [1.807, 2.05) is 35.2 Å². The summed E-state index contributed by atoms with van der Waals surface area (Å²) in [6.45, 7) is 3.37. The zero-order valence-corrected chi connectivity index (χ0v) is 13.2. The van der Waals surface area contributed by atoms with Crippen LogP contribution in [0.15, 0.2) is 30.3 Å². The van der Waals surface area contributed by atoms with Crippen molar-refractivity contribution in [3.8, 4) is 0 Å². The highest BCUT2D eigenvalue weighted by molar-refractivity contribution is 5.68. The second kappa shape index (κ2) is 7.63. The molecule has 2 heterocycles. The molecule has 4 nitrogen and oxygen atoms in total. The Bertz CT molecular complexity index is 471. The molecule has 2 saturated heterocycles. The Labute approximate surface area is 132 Å². The Kier molecular flexibility index (Phi) is 5.33. The molecule has 2 aliphatic rings. The first kappa shape index (κ1) is 15.3. The van der Waals surface area contributed by atoms with Crippen LogP contribution < -0.4 is 5.32 Å². The summed E-state index contributed by atoms with van der Waals surface area (Å²) in [5.41, 5.74) is 1.05. The van der Waals surface area contributed by atoms with E-state index < -0.39 is 0 Å². The second-order valence-electron chi connectivity index (χ2n) is 6.38.